The molecular formula is C5H7Ge. The third-order valence-electron chi connectivity index (χ3n) is 0.829. The molecule has 0 aromatic rings. The molecule has 0 aromatic carbocycles. The van der Waals surface area contributed by atoms with Crippen LogP contribution in [0, 0.1) is 0 Å². The Morgan fingerprint density at radius 1 is 1.17 bits per heavy atom. The molecule has 1 heterocycles. The third kappa shape index (κ3) is 0.745. The van der Waals surface area contributed by atoms with Gasteiger partial charge in [-0.3, -0.25) is 0 Å². The molecule has 1 radical (unpaired) electrons. The molecule has 1 aliphatic rings. The average molecular weight is 140 g/mol. The van der Waals surface area contributed by atoms with Crippen LogP contribution in [-0.2, 0) is 0 Å². The molecule has 0 saturated carbocycles. The van der Waals surface area contributed by atoms with Crippen molar-refractivity contribution in [2.75, 3.05) is 0 Å². The van der Waals surface area contributed by atoms with Crippen LogP contribution in [0.5, 0.6) is 0 Å². The van der Waals surface area contributed by atoms with Gasteiger partial charge in [0.25, 0.3) is 0 Å². The van der Waals surface area contributed by atoms with Crippen molar-refractivity contribution in [3.63, 3.8) is 0 Å². The Balaban J connectivity index is 2.60. The van der Waals surface area contributed by atoms with Crippen molar-refractivity contribution in [1.29, 1.82) is 0 Å². The molecule has 0 bridgehead atoms. The van der Waals surface area contributed by atoms with Gasteiger partial charge in [-0.1, -0.05) is 0 Å². The zero-order chi connectivity index (χ0) is 4.41. The van der Waals surface area contributed by atoms with Crippen molar-refractivity contribution in [3.8, 4) is 0 Å². The summed E-state index contributed by atoms with van der Waals surface area (Å²) in [6.45, 7) is 0. The predicted molar refractivity (Wildman–Crippen MR) is 29.9 cm³/mol. The predicted octanol–water partition coefficient (Wildman–Crippen LogP) is 1.32. The van der Waals surface area contributed by atoms with Crippen LogP contribution in [0.2, 0.25) is 5.76 Å². The molecule has 0 spiro atoms. The Hall–Kier alpha value is 0.0229. The minimum absolute atomic E-state index is 0.630. The van der Waals surface area contributed by atoms with Crippen LogP contribution in [-0.4, -0.2) is 14.3 Å². The van der Waals surface area contributed by atoms with Gasteiger partial charge in [0, 0.05) is 0 Å². The van der Waals surface area contributed by atoms with Crippen LogP contribution in [0.4, 0.5) is 0 Å². The summed E-state index contributed by atoms with van der Waals surface area (Å²) in [5, 5.41) is 0. The molecular weight excluding hydrogens is 133 g/mol. The van der Waals surface area contributed by atoms with Crippen molar-refractivity contribution in [3.05, 3.63) is 22.0 Å². The molecule has 0 nitrogen and oxygen atoms in total. The molecule has 0 saturated heterocycles. The van der Waals surface area contributed by atoms with Gasteiger partial charge >= 0.3 is 42.1 Å². The zero-order valence-electron chi connectivity index (χ0n) is 3.81. The van der Waals surface area contributed by atoms with Crippen molar-refractivity contribution in [2.24, 2.45) is 0 Å². The molecule has 0 unspecified atom stereocenters. The Morgan fingerprint density at radius 3 is 1.83 bits per heavy atom. The molecule has 0 atom stereocenters. The maximum absolute atomic E-state index is 2.33. The fourth-order valence-corrected chi connectivity index (χ4v) is 2.44. The molecule has 0 aliphatic carbocycles. The van der Waals surface area contributed by atoms with Gasteiger partial charge in [-0.2, -0.15) is 0 Å². The molecule has 0 N–H and O–H groups in total. The first-order valence-electron chi connectivity index (χ1n) is 2.08. The van der Waals surface area contributed by atoms with Gasteiger partial charge in [0.15, 0.2) is 0 Å². The van der Waals surface area contributed by atoms with E-state index < -0.39 is 14.3 Å². The molecule has 1 heteroatoms. The fourth-order valence-electron chi connectivity index (χ4n) is 0.470. The summed E-state index contributed by atoms with van der Waals surface area (Å²) in [6.07, 6.45) is 4.30. The van der Waals surface area contributed by atoms with E-state index in [-0.39, 0.29) is 0 Å². The van der Waals surface area contributed by atoms with E-state index in [1.165, 1.54) is 0 Å². The van der Waals surface area contributed by atoms with Crippen molar-refractivity contribution < 1.29 is 0 Å². The second-order valence-electron chi connectivity index (χ2n) is 1.46. The summed E-state index contributed by atoms with van der Waals surface area (Å²) in [5.41, 5.74) is 0. The summed E-state index contributed by atoms with van der Waals surface area (Å²) in [4.78, 5) is 4.67. The van der Waals surface area contributed by atoms with Crippen molar-refractivity contribution >= 4 is 14.3 Å². The summed E-state index contributed by atoms with van der Waals surface area (Å²) in [7, 11) is 0. The molecule has 6 heavy (non-hydrogen) atoms. The van der Waals surface area contributed by atoms with Gasteiger partial charge in [0.1, 0.15) is 0 Å². The molecule has 1 rings (SSSR count). The quantitative estimate of drug-likeness (QED) is 0.444. The number of hydrogen-bond acceptors (Lipinski definition) is 0. The van der Waals surface area contributed by atoms with E-state index in [1.54, 1.807) is 0 Å². The van der Waals surface area contributed by atoms with Crippen molar-refractivity contribution in [2.45, 2.75) is 5.76 Å². The van der Waals surface area contributed by atoms with Crippen LogP contribution in [0.1, 0.15) is 0 Å². The van der Waals surface area contributed by atoms with Gasteiger partial charge in [-0.25, -0.2) is 0 Å². The third-order valence-corrected chi connectivity index (χ3v) is 3.84. The number of rotatable bonds is 0. The second-order valence-corrected chi connectivity index (χ2v) is 5.98. The normalized spacial score (nSPS) is 20.2. The fraction of sp³-hybridized carbons (Fsp3) is 0.200. The van der Waals surface area contributed by atoms with Crippen LogP contribution >= 0.6 is 0 Å². The van der Waals surface area contributed by atoms with E-state index in [2.05, 4.69) is 27.7 Å². The Labute approximate surface area is 42.7 Å². The van der Waals surface area contributed by atoms with Crippen molar-refractivity contribution in [1.82, 2.24) is 0 Å². The monoisotopic (exact) mass is 141 g/mol. The maximum atomic E-state index is 2.33. The number of allylic oxidation sites excluding steroid dienone is 2. The summed E-state index contributed by atoms with van der Waals surface area (Å²) in [6, 6.07) is 0. The molecule has 1 aliphatic heterocycles. The van der Waals surface area contributed by atoms with E-state index >= 15 is 0 Å². The first-order chi connectivity index (χ1) is 2.89. The van der Waals surface area contributed by atoms with E-state index in [0.717, 1.165) is 0 Å². The van der Waals surface area contributed by atoms with Gasteiger partial charge < -0.3 is 0 Å². The van der Waals surface area contributed by atoms with E-state index in [9.17, 15) is 0 Å². The topological polar surface area (TPSA) is 0 Å². The van der Waals surface area contributed by atoms with E-state index in [4.69, 9.17) is 0 Å². The van der Waals surface area contributed by atoms with Gasteiger partial charge in [-0.05, 0) is 0 Å². The van der Waals surface area contributed by atoms with Crippen LogP contribution in [0.3, 0.4) is 0 Å². The van der Waals surface area contributed by atoms with E-state index in [1.807, 2.05) is 0 Å². The van der Waals surface area contributed by atoms with Gasteiger partial charge in [0.2, 0.25) is 0 Å². The Kier molecular flexibility index (Phi) is 1.15. The van der Waals surface area contributed by atoms with Gasteiger partial charge in [-0.15, -0.1) is 0 Å². The first-order valence-corrected chi connectivity index (χ1v) is 6.60. The standard InChI is InChI=1S/C5H7Ge/c1-6-4-2-3-5-6/h2-5H,1H3. The molecule has 0 amide bonds. The second kappa shape index (κ2) is 1.65. The summed E-state index contributed by atoms with van der Waals surface area (Å²) < 4.78 is 0. The summed E-state index contributed by atoms with van der Waals surface area (Å²) in [5.74, 6) is 2.33. The van der Waals surface area contributed by atoms with Crippen LogP contribution < -0.4 is 0 Å². The molecule has 31 valence electrons. The zero-order valence-corrected chi connectivity index (χ0v) is 5.91. The minimum atomic E-state index is -0.630. The summed E-state index contributed by atoms with van der Waals surface area (Å²) >= 11 is -0.630. The van der Waals surface area contributed by atoms with E-state index in [0.29, 0.717) is 0 Å². The Morgan fingerprint density at radius 2 is 1.67 bits per heavy atom. The molecule has 0 fully saturated rings. The SMILES string of the molecule is [CH3][Ge]1[CH]=CC=[CH]1. The molecule has 0 aromatic heterocycles. The van der Waals surface area contributed by atoms with Crippen LogP contribution in [0.25, 0.3) is 0 Å². The van der Waals surface area contributed by atoms with Crippen LogP contribution in [0.15, 0.2) is 22.0 Å². The number of hydrogen-bond donors (Lipinski definition) is 0. The van der Waals surface area contributed by atoms with Gasteiger partial charge in [0.05, 0.1) is 0 Å². The Bertz CT molecular complexity index is 80.1. The average Bonchev–Trinajstić information content (AvgIpc) is 1.86. The first kappa shape index (κ1) is 4.19.